The first-order valence-corrected chi connectivity index (χ1v) is 7.68. The van der Waals surface area contributed by atoms with E-state index in [9.17, 15) is 9.36 Å². The van der Waals surface area contributed by atoms with Gasteiger partial charge in [0.1, 0.15) is 6.04 Å². The van der Waals surface area contributed by atoms with E-state index in [0.717, 1.165) is 5.56 Å². The van der Waals surface area contributed by atoms with Crippen LogP contribution in [0.5, 0.6) is 0 Å². The topological polar surface area (TPSA) is 55.8 Å². The minimum absolute atomic E-state index is 0.118. The van der Waals surface area contributed by atoms with Crippen molar-refractivity contribution in [1.29, 1.82) is 0 Å². The zero-order valence-corrected chi connectivity index (χ0v) is 11.3. The molecule has 0 amide bonds. The smallest absolute Gasteiger partial charge is 0.325 e. The lowest BCUT2D eigenvalue weighted by atomic mass is 10.2. The molecule has 1 aliphatic heterocycles. The molecule has 1 aromatic carbocycles. The Morgan fingerprint density at radius 1 is 1.50 bits per heavy atom. The molecule has 0 saturated carbocycles. The summed E-state index contributed by atoms with van der Waals surface area (Å²) in [6.07, 6.45) is 0. The maximum Gasteiger partial charge on any atom is 0.325 e. The summed E-state index contributed by atoms with van der Waals surface area (Å²) in [5.41, 5.74) is 0.985. The van der Waals surface area contributed by atoms with Crippen molar-refractivity contribution in [3.05, 3.63) is 35.9 Å². The average Bonchev–Trinajstić information content (AvgIpc) is 2.66. The van der Waals surface area contributed by atoms with Crippen LogP contribution < -0.4 is 0 Å². The van der Waals surface area contributed by atoms with Crippen molar-refractivity contribution in [2.75, 3.05) is 20.4 Å². The third-order valence-corrected chi connectivity index (χ3v) is 4.94. The van der Waals surface area contributed by atoms with Crippen molar-refractivity contribution >= 4 is 13.5 Å². The van der Waals surface area contributed by atoms with Crippen molar-refractivity contribution in [2.45, 2.75) is 12.6 Å². The van der Waals surface area contributed by atoms with Gasteiger partial charge in [-0.1, -0.05) is 30.3 Å². The van der Waals surface area contributed by atoms with Gasteiger partial charge in [0.2, 0.25) is 0 Å². The second-order valence-corrected chi connectivity index (χ2v) is 6.60. The lowest BCUT2D eigenvalue weighted by Gasteiger charge is -2.23. The number of hydrogen-bond donors (Lipinski definition) is 0. The van der Waals surface area contributed by atoms with Crippen LogP contribution in [0.3, 0.4) is 0 Å². The summed E-state index contributed by atoms with van der Waals surface area (Å²) >= 11 is 0. The second kappa shape index (κ2) is 5.22. The number of methoxy groups -OCH3 is 1. The third-order valence-electron chi connectivity index (χ3n) is 2.96. The minimum Gasteiger partial charge on any atom is -0.468 e. The highest BCUT2D eigenvalue weighted by Gasteiger charge is 2.44. The molecule has 98 valence electrons. The van der Waals surface area contributed by atoms with E-state index in [2.05, 4.69) is 0 Å². The summed E-state index contributed by atoms with van der Waals surface area (Å²) < 4.78 is 23.8. The summed E-state index contributed by atoms with van der Waals surface area (Å²) in [5.74, 6) is -0.412. The summed E-state index contributed by atoms with van der Waals surface area (Å²) in [4.78, 5) is 11.6. The molecule has 0 bridgehead atoms. The monoisotopic (exact) mass is 269 g/mol. The molecule has 0 radical (unpaired) electrons. The van der Waals surface area contributed by atoms with E-state index in [1.54, 1.807) is 4.67 Å². The Labute approximate surface area is 106 Å². The summed E-state index contributed by atoms with van der Waals surface area (Å²) in [6.45, 7) is 2.06. The zero-order valence-electron chi connectivity index (χ0n) is 10.4. The molecule has 0 N–H and O–H groups in total. The molecule has 5 nitrogen and oxygen atoms in total. The molecule has 0 aromatic heterocycles. The van der Waals surface area contributed by atoms with Crippen molar-refractivity contribution < 1.29 is 18.6 Å². The number of rotatable bonds is 3. The Balaban J connectivity index is 2.21. The molecule has 1 heterocycles. The molecule has 0 spiro atoms. The van der Waals surface area contributed by atoms with E-state index in [4.69, 9.17) is 9.26 Å². The van der Waals surface area contributed by atoms with Crippen LogP contribution in [0.25, 0.3) is 0 Å². The lowest BCUT2D eigenvalue weighted by Crippen LogP contribution is -2.36. The molecular formula is C12H16NO4P. The molecule has 1 aromatic rings. The Hall–Kier alpha value is -1.16. The van der Waals surface area contributed by atoms with Gasteiger partial charge >= 0.3 is 5.97 Å². The fraction of sp³-hybridized carbons (Fsp3) is 0.417. The van der Waals surface area contributed by atoms with Gasteiger partial charge in [-0.3, -0.25) is 9.36 Å². The van der Waals surface area contributed by atoms with E-state index < -0.39 is 19.5 Å². The van der Waals surface area contributed by atoms with Crippen LogP contribution in [0.4, 0.5) is 0 Å². The number of carbonyl (C=O) groups excluding carboxylic acids is 1. The van der Waals surface area contributed by atoms with Crippen LogP contribution in [0.15, 0.2) is 30.3 Å². The van der Waals surface area contributed by atoms with Gasteiger partial charge in [-0.15, -0.1) is 0 Å². The first-order valence-electron chi connectivity index (χ1n) is 5.65. The Morgan fingerprint density at radius 2 is 2.17 bits per heavy atom. The highest BCUT2D eigenvalue weighted by Crippen LogP contribution is 2.54. The fourth-order valence-corrected chi connectivity index (χ4v) is 3.61. The predicted octanol–water partition coefficient (Wildman–Crippen LogP) is 1.88. The van der Waals surface area contributed by atoms with E-state index in [1.165, 1.54) is 13.8 Å². The van der Waals surface area contributed by atoms with Crippen molar-refractivity contribution in [3.8, 4) is 0 Å². The molecule has 2 atom stereocenters. The quantitative estimate of drug-likeness (QED) is 0.619. The molecule has 18 heavy (non-hydrogen) atoms. The maximum atomic E-state index is 12.3. The van der Waals surface area contributed by atoms with Gasteiger partial charge < -0.3 is 9.26 Å². The predicted molar refractivity (Wildman–Crippen MR) is 67.3 cm³/mol. The van der Waals surface area contributed by atoms with Crippen molar-refractivity contribution in [3.63, 3.8) is 0 Å². The number of nitrogens with zero attached hydrogens (tertiary/aromatic N) is 1. The van der Waals surface area contributed by atoms with Crippen molar-refractivity contribution in [2.24, 2.45) is 0 Å². The molecule has 2 rings (SSSR count). The largest absolute Gasteiger partial charge is 0.468 e. The average molecular weight is 269 g/mol. The van der Waals surface area contributed by atoms with Gasteiger partial charge in [-0.2, -0.15) is 0 Å². The fourth-order valence-electron chi connectivity index (χ4n) is 1.96. The number of esters is 1. The van der Waals surface area contributed by atoms with Crippen LogP contribution >= 0.6 is 7.52 Å². The van der Waals surface area contributed by atoms with Crippen molar-refractivity contribution in [1.82, 2.24) is 4.67 Å². The van der Waals surface area contributed by atoms with Gasteiger partial charge in [0, 0.05) is 13.2 Å². The summed E-state index contributed by atoms with van der Waals surface area (Å²) in [7, 11) is -1.59. The third kappa shape index (κ3) is 2.64. The zero-order chi connectivity index (χ0) is 13.2. The molecule has 1 saturated heterocycles. The number of carbonyl (C=O) groups is 1. The first-order chi connectivity index (χ1) is 8.54. The maximum absolute atomic E-state index is 12.3. The van der Waals surface area contributed by atoms with Crippen LogP contribution in [0.1, 0.15) is 5.56 Å². The van der Waals surface area contributed by atoms with E-state index >= 15 is 0 Å². The van der Waals surface area contributed by atoms with E-state index in [0.29, 0.717) is 6.54 Å². The minimum atomic E-state index is -2.91. The Kier molecular flexibility index (Phi) is 3.85. The van der Waals surface area contributed by atoms with Crippen LogP contribution in [0, 0.1) is 0 Å². The summed E-state index contributed by atoms with van der Waals surface area (Å²) in [6, 6.07) is 8.97. The standard InChI is InChI=1S/C12H16NO4P/c1-16-12(14)11-9-17-18(2,15)13(11)8-10-6-4-3-5-7-10/h3-7,11H,8-9H2,1-2H3/t11-,18+/m0/s1. The van der Waals surface area contributed by atoms with Gasteiger partial charge in [-0.05, 0) is 5.56 Å². The van der Waals surface area contributed by atoms with E-state index in [1.807, 2.05) is 30.3 Å². The Bertz CT molecular complexity index is 476. The highest BCUT2D eigenvalue weighted by atomic mass is 31.2. The van der Waals surface area contributed by atoms with E-state index in [-0.39, 0.29) is 6.61 Å². The van der Waals surface area contributed by atoms with Crippen LogP contribution in [-0.2, 0) is 25.2 Å². The number of hydrogen-bond acceptors (Lipinski definition) is 4. The normalized spacial score (nSPS) is 28.2. The molecule has 0 aliphatic carbocycles. The summed E-state index contributed by atoms with van der Waals surface area (Å²) in [5, 5.41) is 0. The molecular weight excluding hydrogens is 253 g/mol. The van der Waals surface area contributed by atoms with Crippen LogP contribution in [-0.4, -0.2) is 37.1 Å². The van der Waals surface area contributed by atoms with Gasteiger partial charge in [-0.25, -0.2) is 4.67 Å². The molecule has 1 aliphatic rings. The molecule has 6 heteroatoms. The van der Waals surface area contributed by atoms with Crippen LogP contribution in [0.2, 0.25) is 0 Å². The highest BCUT2D eigenvalue weighted by molar-refractivity contribution is 7.55. The number of benzene rings is 1. The number of ether oxygens (including phenoxy) is 1. The first kappa shape index (κ1) is 13.3. The second-order valence-electron chi connectivity index (χ2n) is 4.22. The molecule has 1 fully saturated rings. The SMILES string of the molecule is COC(=O)[C@@H]1CO[P@@](C)(=O)N1Cc1ccccc1. The van der Waals surface area contributed by atoms with Gasteiger partial charge in [0.15, 0.2) is 0 Å². The molecule has 0 unspecified atom stereocenters. The Morgan fingerprint density at radius 3 is 2.78 bits per heavy atom. The lowest BCUT2D eigenvalue weighted by molar-refractivity contribution is -0.145. The van der Waals surface area contributed by atoms with Gasteiger partial charge in [0.25, 0.3) is 7.52 Å². The van der Waals surface area contributed by atoms with Gasteiger partial charge in [0.05, 0.1) is 13.7 Å².